The molecule has 0 unspecified atom stereocenters. The van der Waals surface area contributed by atoms with Crippen LogP contribution in [-0.4, -0.2) is 22.1 Å². The van der Waals surface area contributed by atoms with Crippen LogP contribution >= 0.6 is 0 Å². The van der Waals surface area contributed by atoms with Gasteiger partial charge in [0.2, 0.25) is 0 Å². The van der Waals surface area contributed by atoms with Crippen LogP contribution in [0.3, 0.4) is 0 Å². The largest absolute Gasteiger partial charge is 0.290 e. The van der Waals surface area contributed by atoms with Gasteiger partial charge >= 0.3 is 0 Å². The summed E-state index contributed by atoms with van der Waals surface area (Å²) in [7, 11) is 0. The van der Waals surface area contributed by atoms with Gasteiger partial charge < -0.3 is 0 Å². The fourth-order valence-electron chi connectivity index (χ4n) is 3.01. The van der Waals surface area contributed by atoms with Crippen molar-refractivity contribution in [2.24, 2.45) is 9.98 Å². The molecule has 0 atom stereocenters. The smallest absolute Gasteiger partial charge is 0.195 e. The molecule has 0 saturated carbocycles. The number of rotatable bonds is 2. The maximum absolute atomic E-state index is 9.54. The Kier molecular flexibility index (Phi) is 4.97. The molecule has 138 valence electrons. The lowest BCUT2D eigenvalue weighted by molar-refractivity contribution is 0.223. The molecule has 28 heavy (non-hydrogen) atoms. The molecule has 4 N–H and O–H groups in total. The SMILES string of the molecule is ONC(=Nc1ccc2ccccc2c1)C(=Nc1ccc2ccccc2c1)NO. The van der Waals surface area contributed by atoms with Crippen molar-refractivity contribution in [3.05, 3.63) is 84.9 Å². The van der Waals surface area contributed by atoms with Crippen molar-refractivity contribution >= 4 is 44.6 Å². The summed E-state index contributed by atoms with van der Waals surface area (Å²) in [5.41, 5.74) is 5.22. The van der Waals surface area contributed by atoms with Gasteiger partial charge in [0.15, 0.2) is 11.7 Å². The van der Waals surface area contributed by atoms with Gasteiger partial charge in [0, 0.05) is 0 Å². The zero-order valence-electron chi connectivity index (χ0n) is 14.9. The van der Waals surface area contributed by atoms with Crippen LogP contribution in [0, 0.1) is 0 Å². The first-order valence-corrected chi connectivity index (χ1v) is 8.72. The van der Waals surface area contributed by atoms with Gasteiger partial charge in [-0.05, 0) is 45.8 Å². The van der Waals surface area contributed by atoms with Crippen LogP contribution in [0.4, 0.5) is 11.4 Å². The predicted molar refractivity (Wildman–Crippen MR) is 112 cm³/mol. The molecule has 0 radical (unpaired) electrons. The highest BCUT2D eigenvalue weighted by Crippen LogP contribution is 2.23. The van der Waals surface area contributed by atoms with Gasteiger partial charge in [0.25, 0.3) is 0 Å². The molecule has 0 aliphatic heterocycles. The number of nitrogens with one attached hydrogen (secondary N) is 2. The fraction of sp³-hybridized carbons (Fsp3) is 0. The van der Waals surface area contributed by atoms with E-state index in [-0.39, 0.29) is 11.7 Å². The number of hydroxylamine groups is 2. The average Bonchev–Trinajstić information content (AvgIpc) is 2.75. The highest BCUT2D eigenvalue weighted by atomic mass is 16.5. The van der Waals surface area contributed by atoms with Crippen LogP contribution in [-0.2, 0) is 0 Å². The normalized spacial score (nSPS) is 12.4. The topological polar surface area (TPSA) is 89.2 Å². The van der Waals surface area contributed by atoms with Crippen molar-refractivity contribution in [1.29, 1.82) is 0 Å². The molecule has 4 rings (SSSR count). The van der Waals surface area contributed by atoms with Gasteiger partial charge in [-0.3, -0.25) is 10.4 Å². The van der Waals surface area contributed by atoms with Crippen molar-refractivity contribution in [3.8, 4) is 0 Å². The number of aliphatic imine (C=N–C) groups is 2. The summed E-state index contributed by atoms with van der Waals surface area (Å²) in [4.78, 5) is 8.72. The highest BCUT2D eigenvalue weighted by Gasteiger charge is 2.09. The van der Waals surface area contributed by atoms with E-state index in [0.717, 1.165) is 21.5 Å². The summed E-state index contributed by atoms with van der Waals surface area (Å²) in [5.74, 6) is -0.0168. The van der Waals surface area contributed by atoms with Crippen LogP contribution in [0.25, 0.3) is 21.5 Å². The minimum absolute atomic E-state index is 0.00839. The molecule has 0 fully saturated rings. The molecule has 0 heterocycles. The summed E-state index contributed by atoms with van der Waals surface area (Å²) >= 11 is 0. The summed E-state index contributed by atoms with van der Waals surface area (Å²) in [6.07, 6.45) is 0. The highest BCUT2D eigenvalue weighted by molar-refractivity contribution is 6.40. The fourth-order valence-corrected chi connectivity index (χ4v) is 3.01. The molecule has 0 aromatic heterocycles. The molecule has 0 saturated heterocycles. The van der Waals surface area contributed by atoms with Crippen molar-refractivity contribution in [2.45, 2.75) is 0 Å². The minimum Gasteiger partial charge on any atom is -0.290 e. The quantitative estimate of drug-likeness (QED) is 0.234. The second-order valence-corrected chi connectivity index (χ2v) is 6.21. The Labute approximate surface area is 161 Å². The van der Waals surface area contributed by atoms with Gasteiger partial charge in [-0.25, -0.2) is 20.9 Å². The summed E-state index contributed by atoms with van der Waals surface area (Å²) in [6.45, 7) is 0. The average molecular weight is 370 g/mol. The maximum atomic E-state index is 9.54. The molecule has 4 aromatic carbocycles. The Morgan fingerprint density at radius 2 is 0.929 bits per heavy atom. The van der Waals surface area contributed by atoms with E-state index in [1.54, 1.807) is 0 Å². The van der Waals surface area contributed by atoms with Crippen molar-refractivity contribution in [1.82, 2.24) is 11.0 Å². The predicted octanol–water partition coefficient (Wildman–Crippen LogP) is 4.71. The lowest BCUT2D eigenvalue weighted by atomic mass is 10.1. The second-order valence-electron chi connectivity index (χ2n) is 6.21. The third kappa shape index (κ3) is 3.68. The van der Waals surface area contributed by atoms with E-state index in [4.69, 9.17) is 0 Å². The third-order valence-electron chi connectivity index (χ3n) is 4.38. The van der Waals surface area contributed by atoms with Crippen LogP contribution < -0.4 is 11.0 Å². The van der Waals surface area contributed by atoms with Crippen molar-refractivity contribution in [3.63, 3.8) is 0 Å². The van der Waals surface area contributed by atoms with E-state index in [0.29, 0.717) is 11.4 Å². The van der Waals surface area contributed by atoms with Crippen LogP contribution in [0.5, 0.6) is 0 Å². The minimum atomic E-state index is -0.00839. The molecule has 0 aliphatic carbocycles. The Balaban J connectivity index is 1.72. The van der Waals surface area contributed by atoms with Crippen molar-refractivity contribution < 1.29 is 10.4 Å². The molecule has 0 bridgehead atoms. The van der Waals surface area contributed by atoms with E-state index in [1.165, 1.54) is 0 Å². The van der Waals surface area contributed by atoms with Crippen LogP contribution in [0.1, 0.15) is 0 Å². The molecule has 6 nitrogen and oxygen atoms in total. The second kappa shape index (κ2) is 7.87. The Hall–Kier alpha value is -3.74. The standard InChI is InChI=1S/C22H18N4O2/c27-25-21(23-19-11-9-15-5-1-3-7-17(15)13-19)22(26-28)24-20-12-10-16-6-2-4-8-18(16)14-20/h1-14,27-28H,(H,23,25)(H,24,26). The molecular formula is C22H18N4O2. The summed E-state index contributed by atoms with van der Waals surface area (Å²) in [5, 5.41) is 23.3. The van der Waals surface area contributed by atoms with Gasteiger partial charge in [0.1, 0.15) is 0 Å². The monoisotopic (exact) mass is 370 g/mol. The number of hydrogen-bond acceptors (Lipinski definition) is 4. The zero-order chi connectivity index (χ0) is 19.3. The van der Waals surface area contributed by atoms with Crippen molar-refractivity contribution in [2.75, 3.05) is 0 Å². The van der Waals surface area contributed by atoms with Gasteiger partial charge in [-0.15, -0.1) is 0 Å². The number of hydrogen-bond donors (Lipinski definition) is 4. The first kappa shape index (κ1) is 17.7. The van der Waals surface area contributed by atoms with E-state index in [9.17, 15) is 10.4 Å². The molecule has 0 spiro atoms. The Bertz CT molecular complexity index is 1110. The molecule has 6 heteroatoms. The van der Waals surface area contributed by atoms with E-state index in [2.05, 4.69) is 9.98 Å². The third-order valence-corrected chi connectivity index (χ3v) is 4.38. The lowest BCUT2D eigenvalue weighted by Gasteiger charge is -2.08. The maximum Gasteiger partial charge on any atom is 0.195 e. The van der Waals surface area contributed by atoms with Crippen LogP contribution in [0.15, 0.2) is 94.9 Å². The van der Waals surface area contributed by atoms with Gasteiger partial charge in [-0.2, -0.15) is 0 Å². The lowest BCUT2D eigenvalue weighted by Crippen LogP contribution is -2.37. The number of amidine groups is 2. The molecule has 4 aromatic rings. The first-order valence-electron chi connectivity index (χ1n) is 8.72. The van der Waals surface area contributed by atoms with E-state index in [1.807, 2.05) is 95.9 Å². The Morgan fingerprint density at radius 1 is 0.536 bits per heavy atom. The number of nitrogens with zero attached hydrogens (tertiary/aromatic N) is 2. The molecule has 0 aliphatic rings. The molecule has 0 amide bonds. The van der Waals surface area contributed by atoms with E-state index < -0.39 is 0 Å². The summed E-state index contributed by atoms with van der Waals surface area (Å²) < 4.78 is 0. The number of fused-ring (bicyclic) bond motifs is 2. The first-order chi connectivity index (χ1) is 13.8. The van der Waals surface area contributed by atoms with Crippen LogP contribution in [0.2, 0.25) is 0 Å². The van der Waals surface area contributed by atoms with Gasteiger partial charge in [-0.1, -0.05) is 60.7 Å². The molecular weight excluding hydrogens is 352 g/mol. The zero-order valence-corrected chi connectivity index (χ0v) is 14.9. The van der Waals surface area contributed by atoms with Gasteiger partial charge in [0.05, 0.1) is 11.4 Å². The Morgan fingerprint density at radius 3 is 1.32 bits per heavy atom. The summed E-state index contributed by atoms with van der Waals surface area (Å²) in [6, 6.07) is 27.1. The number of benzene rings is 4. The van der Waals surface area contributed by atoms with E-state index >= 15 is 0 Å².